The number of aromatic nitrogens is 2. The normalized spacial score (nSPS) is 16.0. The van der Waals surface area contributed by atoms with Gasteiger partial charge in [-0.05, 0) is 24.0 Å². The number of nitrogens with zero attached hydrogens (tertiary/aromatic N) is 2. The number of methoxy groups -OCH3 is 1. The highest BCUT2D eigenvalue weighted by atomic mass is 16.5. The Hall–Kier alpha value is -3.20. The molecule has 1 aliphatic carbocycles. The molecule has 3 rings (SSSR count). The average Bonchev–Trinajstić information content (AvgIpc) is 3.25. The van der Waals surface area contributed by atoms with Gasteiger partial charge in [-0.15, -0.1) is 0 Å². The van der Waals surface area contributed by atoms with E-state index in [0.29, 0.717) is 29.5 Å². The predicted octanol–water partition coefficient (Wildman–Crippen LogP) is 1.07. The third-order valence-corrected chi connectivity index (χ3v) is 6.22. The quantitative estimate of drug-likeness (QED) is 0.630. The van der Waals surface area contributed by atoms with E-state index in [9.17, 15) is 24.3 Å². The van der Waals surface area contributed by atoms with Crippen LogP contribution in [0.15, 0.2) is 40.1 Å². The molecule has 1 unspecified atom stereocenters. The first-order valence-electron chi connectivity index (χ1n) is 10.6. The van der Waals surface area contributed by atoms with Gasteiger partial charge in [-0.1, -0.05) is 37.1 Å². The molecule has 1 saturated carbocycles. The fourth-order valence-electron chi connectivity index (χ4n) is 4.34. The van der Waals surface area contributed by atoms with Crippen LogP contribution in [0.25, 0.3) is 11.1 Å². The Labute approximate surface area is 185 Å². The van der Waals surface area contributed by atoms with Gasteiger partial charge in [-0.2, -0.15) is 0 Å². The minimum atomic E-state index is -1.11. The first-order valence-corrected chi connectivity index (χ1v) is 10.6. The van der Waals surface area contributed by atoms with Gasteiger partial charge in [-0.25, -0.2) is 9.59 Å². The third kappa shape index (κ3) is 4.67. The van der Waals surface area contributed by atoms with Gasteiger partial charge in [0, 0.05) is 33.8 Å². The summed E-state index contributed by atoms with van der Waals surface area (Å²) in [5, 5.41) is 12.4. The van der Waals surface area contributed by atoms with Crippen LogP contribution >= 0.6 is 0 Å². The molecule has 1 atom stereocenters. The first kappa shape index (κ1) is 23.5. The second-order valence-electron chi connectivity index (χ2n) is 8.49. The third-order valence-electron chi connectivity index (χ3n) is 6.22. The summed E-state index contributed by atoms with van der Waals surface area (Å²) in [7, 11) is 4.53. The Bertz CT molecular complexity index is 1110. The second kappa shape index (κ2) is 9.52. The monoisotopic (exact) mass is 443 g/mol. The van der Waals surface area contributed by atoms with Crippen molar-refractivity contribution in [2.75, 3.05) is 13.7 Å². The highest BCUT2D eigenvalue weighted by molar-refractivity contribution is 5.88. The largest absolute Gasteiger partial charge is 0.480 e. The number of ether oxygens (including phenoxy) is 1. The zero-order valence-electron chi connectivity index (χ0n) is 18.6. The van der Waals surface area contributed by atoms with Crippen LogP contribution in [0, 0.1) is 5.41 Å². The van der Waals surface area contributed by atoms with Crippen LogP contribution in [0.5, 0.6) is 0 Å². The lowest BCUT2D eigenvalue weighted by Gasteiger charge is -2.28. The van der Waals surface area contributed by atoms with Gasteiger partial charge in [0.05, 0.1) is 17.6 Å². The number of carbonyl (C=O) groups excluding carboxylic acids is 1. The van der Waals surface area contributed by atoms with Gasteiger partial charge >= 0.3 is 11.7 Å². The van der Waals surface area contributed by atoms with Gasteiger partial charge in [0.15, 0.2) is 0 Å². The van der Waals surface area contributed by atoms with Crippen LogP contribution in [-0.4, -0.2) is 45.9 Å². The molecule has 2 N–H and O–H groups in total. The highest BCUT2D eigenvalue weighted by Gasteiger charge is 2.42. The fraction of sp³-hybridized carbons (Fsp3) is 0.478. The maximum absolute atomic E-state index is 12.9. The van der Waals surface area contributed by atoms with E-state index in [1.54, 1.807) is 38.4 Å². The number of aryl methyl sites for hydroxylation is 1. The van der Waals surface area contributed by atoms with Crippen LogP contribution in [0.2, 0.25) is 0 Å². The lowest BCUT2D eigenvalue weighted by molar-refractivity contribution is -0.144. The number of amides is 1. The van der Waals surface area contributed by atoms with Crippen molar-refractivity contribution < 1.29 is 19.4 Å². The van der Waals surface area contributed by atoms with Crippen molar-refractivity contribution in [3.8, 4) is 11.1 Å². The van der Waals surface area contributed by atoms with Crippen LogP contribution < -0.4 is 16.6 Å². The topological polar surface area (TPSA) is 120 Å². The molecular formula is C23H29N3O6. The van der Waals surface area contributed by atoms with E-state index in [1.165, 1.54) is 17.8 Å². The Morgan fingerprint density at radius 1 is 1.16 bits per heavy atom. The van der Waals surface area contributed by atoms with Gasteiger partial charge in [0.1, 0.15) is 6.04 Å². The van der Waals surface area contributed by atoms with E-state index >= 15 is 0 Å². The molecule has 172 valence electrons. The van der Waals surface area contributed by atoms with Crippen molar-refractivity contribution in [2.45, 2.75) is 38.1 Å². The van der Waals surface area contributed by atoms with Crippen molar-refractivity contribution in [1.82, 2.24) is 14.5 Å². The van der Waals surface area contributed by atoms with Crippen molar-refractivity contribution in [3.63, 3.8) is 0 Å². The average molecular weight is 444 g/mol. The molecule has 32 heavy (non-hydrogen) atoms. The van der Waals surface area contributed by atoms with Gasteiger partial charge in [0.2, 0.25) is 5.91 Å². The molecule has 0 aliphatic heterocycles. The molecule has 0 bridgehead atoms. The van der Waals surface area contributed by atoms with Gasteiger partial charge in [0.25, 0.3) is 5.56 Å². The summed E-state index contributed by atoms with van der Waals surface area (Å²) < 4.78 is 7.62. The predicted molar refractivity (Wildman–Crippen MR) is 118 cm³/mol. The summed E-state index contributed by atoms with van der Waals surface area (Å²) in [6.45, 7) is 0.272. The van der Waals surface area contributed by atoms with E-state index < -0.39 is 28.7 Å². The van der Waals surface area contributed by atoms with E-state index in [-0.39, 0.29) is 18.9 Å². The number of carboxylic acid groups (broad SMARTS) is 1. The molecule has 9 nitrogen and oxygen atoms in total. The Morgan fingerprint density at radius 3 is 2.34 bits per heavy atom. The molecule has 9 heteroatoms. The van der Waals surface area contributed by atoms with E-state index in [0.717, 1.165) is 17.4 Å². The van der Waals surface area contributed by atoms with Gasteiger partial charge < -0.3 is 19.7 Å². The molecule has 0 saturated heterocycles. The van der Waals surface area contributed by atoms with Crippen molar-refractivity contribution in [1.29, 1.82) is 0 Å². The molecule has 1 aromatic carbocycles. The number of carbonyl (C=O) groups is 2. The molecule has 1 aliphatic rings. The second-order valence-corrected chi connectivity index (χ2v) is 8.49. The number of nitrogens with one attached hydrogen (secondary N) is 1. The Morgan fingerprint density at radius 2 is 1.78 bits per heavy atom. The summed E-state index contributed by atoms with van der Waals surface area (Å²) in [5.74, 6) is -1.39. The minimum Gasteiger partial charge on any atom is -0.480 e. The SMILES string of the molecule is COCC1(C(=O)NC(Cc2ccc(-c3cn(C)c(=O)n(C)c3=O)cc2)C(=O)O)CCCC1. The molecule has 1 heterocycles. The van der Waals surface area contributed by atoms with Gasteiger partial charge in [-0.3, -0.25) is 14.2 Å². The highest BCUT2D eigenvalue weighted by Crippen LogP contribution is 2.38. The number of rotatable bonds is 8. The fourth-order valence-corrected chi connectivity index (χ4v) is 4.34. The number of aliphatic carboxylic acids is 1. The van der Waals surface area contributed by atoms with Crippen molar-refractivity contribution in [3.05, 3.63) is 56.9 Å². The lowest BCUT2D eigenvalue weighted by Crippen LogP contribution is -2.50. The Balaban J connectivity index is 1.78. The minimum absolute atomic E-state index is 0.107. The number of carboxylic acids is 1. The number of benzene rings is 1. The zero-order valence-corrected chi connectivity index (χ0v) is 18.6. The zero-order chi connectivity index (χ0) is 23.5. The van der Waals surface area contributed by atoms with E-state index in [4.69, 9.17) is 4.74 Å². The van der Waals surface area contributed by atoms with Crippen LogP contribution in [-0.2, 0) is 34.8 Å². The molecule has 0 spiro atoms. The number of hydrogen-bond donors (Lipinski definition) is 2. The summed E-state index contributed by atoms with van der Waals surface area (Å²) in [4.78, 5) is 49.1. The standard InChI is InChI=1S/C23H29N3O6/c1-25-13-17(19(27)26(2)22(25)31)16-8-6-15(7-9-16)12-18(20(28)29)24-21(30)23(14-32-3)10-4-5-11-23/h6-9,13,18H,4-5,10-12,14H2,1-3H3,(H,24,30)(H,28,29). The van der Waals surface area contributed by atoms with E-state index in [2.05, 4.69) is 5.32 Å². The number of hydrogen-bond acceptors (Lipinski definition) is 5. The maximum atomic E-state index is 12.9. The van der Waals surface area contributed by atoms with E-state index in [1.807, 2.05) is 0 Å². The van der Waals surface area contributed by atoms with Crippen LogP contribution in [0.4, 0.5) is 0 Å². The smallest absolute Gasteiger partial charge is 0.330 e. The first-order chi connectivity index (χ1) is 15.2. The van der Waals surface area contributed by atoms with Crippen LogP contribution in [0.1, 0.15) is 31.2 Å². The van der Waals surface area contributed by atoms with Crippen LogP contribution in [0.3, 0.4) is 0 Å². The molecule has 0 radical (unpaired) electrons. The lowest BCUT2D eigenvalue weighted by atomic mass is 9.85. The van der Waals surface area contributed by atoms with Crippen molar-refractivity contribution in [2.24, 2.45) is 19.5 Å². The molecule has 1 amide bonds. The Kier molecular flexibility index (Phi) is 6.98. The maximum Gasteiger partial charge on any atom is 0.330 e. The molecule has 1 fully saturated rings. The molecular weight excluding hydrogens is 414 g/mol. The summed E-state index contributed by atoms with van der Waals surface area (Å²) in [6.07, 6.45) is 4.79. The molecule has 1 aromatic heterocycles. The van der Waals surface area contributed by atoms with Crippen molar-refractivity contribution >= 4 is 11.9 Å². The summed E-state index contributed by atoms with van der Waals surface area (Å²) in [6, 6.07) is 5.79. The summed E-state index contributed by atoms with van der Waals surface area (Å²) >= 11 is 0. The summed E-state index contributed by atoms with van der Waals surface area (Å²) in [5.41, 5.74) is 0.198. The molecule has 2 aromatic rings.